The summed E-state index contributed by atoms with van der Waals surface area (Å²) in [5.74, 6) is 6.06. The van der Waals surface area contributed by atoms with Crippen LogP contribution in [0.4, 0.5) is 0 Å². The number of nitrogens with zero attached hydrogens (tertiary/aromatic N) is 1. The highest BCUT2D eigenvalue weighted by molar-refractivity contribution is 7.79. The lowest BCUT2D eigenvalue weighted by Crippen LogP contribution is -2.23. The first-order chi connectivity index (χ1) is 11.4. The molecule has 0 heterocycles. The zero-order chi connectivity index (χ0) is 17.7. The van der Waals surface area contributed by atoms with E-state index in [0.29, 0.717) is 17.7 Å². The number of carbonyl (C=O) groups excluding carboxylic acids is 1. The van der Waals surface area contributed by atoms with E-state index in [2.05, 4.69) is 11.8 Å². The van der Waals surface area contributed by atoms with Crippen molar-refractivity contribution >= 4 is 17.0 Å². The van der Waals surface area contributed by atoms with Crippen molar-refractivity contribution in [3.05, 3.63) is 47.6 Å². The average molecular weight is 344 g/mol. The van der Waals surface area contributed by atoms with Crippen molar-refractivity contribution in [2.45, 2.75) is 17.2 Å². The Morgan fingerprint density at radius 3 is 2.79 bits per heavy atom. The van der Waals surface area contributed by atoms with Crippen molar-refractivity contribution in [1.29, 1.82) is 0 Å². The minimum Gasteiger partial charge on any atom is -0.768 e. The average Bonchev–Trinajstić information content (AvgIpc) is 2.53. The van der Waals surface area contributed by atoms with Gasteiger partial charge < -0.3 is 14.2 Å². The van der Waals surface area contributed by atoms with Crippen molar-refractivity contribution in [2.24, 2.45) is 0 Å². The van der Waals surface area contributed by atoms with Crippen LogP contribution in [0.25, 0.3) is 0 Å². The molecule has 0 saturated carbocycles. The number of hydrogen-bond donors (Lipinski definition) is 0. The number of benzene rings is 1. The molecule has 0 aromatic heterocycles. The number of hydrogen-bond acceptors (Lipinski definition) is 4. The Labute approximate surface area is 144 Å². The molecule has 1 amide bonds. The minimum atomic E-state index is -2.39. The standard InChI is InChI=1S/C18H19NO4S/c1-19(2)18(20)14-8-4-6-13(7-5-9-14)15-10-11-16(23-3)17(12-15)24(21)22/h4,6,8,10-13H,9H2,1-3H3,(H,21,22)/p-1/b6-4?,14-8+. The zero-order valence-corrected chi connectivity index (χ0v) is 14.6. The Morgan fingerprint density at radius 2 is 2.17 bits per heavy atom. The lowest BCUT2D eigenvalue weighted by molar-refractivity contribution is -0.124. The SMILES string of the molecule is COc1ccc(C2C#CC/C(C(=O)N(C)C)=C\C=C2)cc1S(=O)[O-]. The van der Waals surface area contributed by atoms with E-state index < -0.39 is 11.1 Å². The number of ether oxygens (including phenoxy) is 1. The molecule has 1 aromatic carbocycles. The summed E-state index contributed by atoms with van der Waals surface area (Å²) >= 11 is -2.39. The lowest BCUT2D eigenvalue weighted by atomic mass is 9.96. The van der Waals surface area contributed by atoms with Gasteiger partial charge in [0.15, 0.2) is 0 Å². The second kappa shape index (κ2) is 7.95. The van der Waals surface area contributed by atoms with E-state index in [4.69, 9.17) is 4.74 Å². The van der Waals surface area contributed by atoms with Crippen LogP contribution in [0.1, 0.15) is 17.9 Å². The van der Waals surface area contributed by atoms with Gasteiger partial charge >= 0.3 is 0 Å². The molecule has 1 aromatic rings. The van der Waals surface area contributed by atoms with E-state index >= 15 is 0 Å². The summed E-state index contributed by atoms with van der Waals surface area (Å²) in [5, 5.41) is 0. The number of likely N-dealkylation sites (N-methyl/N-ethyl adjacent to an activating group) is 1. The second-order valence-corrected chi connectivity index (χ2v) is 6.31. The molecule has 1 aliphatic carbocycles. The molecule has 1 aliphatic rings. The van der Waals surface area contributed by atoms with E-state index in [1.165, 1.54) is 12.0 Å². The van der Waals surface area contributed by atoms with Gasteiger partial charge in [0.1, 0.15) is 5.75 Å². The van der Waals surface area contributed by atoms with Crippen molar-refractivity contribution < 1.29 is 18.3 Å². The van der Waals surface area contributed by atoms with E-state index in [0.717, 1.165) is 5.56 Å². The maximum absolute atomic E-state index is 12.0. The highest BCUT2D eigenvalue weighted by atomic mass is 32.2. The van der Waals surface area contributed by atoms with Crippen LogP contribution in [-0.2, 0) is 15.9 Å². The Kier molecular flexibility index (Phi) is 5.96. The van der Waals surface area contributed by atoms with E-state index in [1.807, 2.05) is 6.08 Å². The summed E-state index contributed by atoms with van der Waals surface area (Å²) in [4.78, 5) is 13.6. The van der Waals surface area contributed by atoms with Gasteiger partial charge in [-0.15, -0.1) is 0 Å². The maximum atomic E-state index is 12.0. The third-order valence-electron chi connectivity index (χ3n) is 3.54. The van der Waals surface area contributed by atoms with Gasteiger partial charge in [0, 0.05) is 26.1 Å². The summed E-state index contributed by atoms with van der Waals surface area (Å²) in [6.07, 6.45) is 5.73. The molecular weight excluding hydrogens is 326 g/mol. The Bertz CT molecular complexity index is 784. The molecule has 2 atom stereocenters. The number of allylic oxidation sites excluding steroid dienone is 3. The van der Waals surface area contributed by atoms with Gasteiger partial charge in [-0.3, -0.25) is 9.00 Å². The van der Waals surface area contributed by atoms with Gasteiger partial charge in [0.05, 0.1) is 17.9 Å². The fourth-order valence-electron chi connectivity index (χ4n) is 2.29. The van der Waals surface area contributed by atoms with Crippen molar-refractivity contribution in [2.75, 3.05) is 21.2 Å². The van der Waals surface area contributed by atoms with E-state index in [-0.39, 0.29) is 16.7 Å². The highest BCUT2D eigenvalue weighted by Gasteiger charge is 2.13. The molecule has 0 spiro atoms. The number of methoxy groups -OCH3 is 1. The first kappa shape index (κ1) is 18.0. The zero-order valence-electron chi connectivity index (χ0n) is 13.7. The van der Waals surface area contributed by atoms with Crippen LogP contribution >= 0.6 is 0 Å². The van der Waals surface area contributed by atoms with Crippen molar-refractivity contribution in [1.82, 2.24) is 4.90 Å². The molecule has 2 rings (SSSR count). The van der Waals surface area contributed by atoms with E-state index in [9.17, 15) is 13.6 Å². The number of carbonyl (C=O) groups is 1. The smallest absolute Gasteiger partial charge is 0.250 e. The molecule has 6 heteroatoms. The molecule has 0 fully saturated rings. The van der Waals surface area contributed by atoms with Crippen molar-refractivity contribution in [3.63, 3.8) is 0 Å². The number of rotatable bonds is 4. The molecule has 2 unspecified atom stereocenters. The largest absolute Gasteiger partial charge is 0.768 e. The third-order valence-corrected chi connectivity index (χ3v) is 4.22. The maximum Gasteiger partial charge on any atom is 0.250 e. The van der Waals surface area contributed by atoms with Crippen molar-refractivity contribution in [3.8, 4) is 17.6 Å². The minimum absolute atomic E-state index is 0.0686. The van der Waals surface area contributed by atoms with Crippen LogP contribution in [0.5, 0.6) is 5.75 Å². The van der Waals surface area contributed by atoms with Crippen LogP contribution < -0.4 is 4.74 Å². The monoisotopic (exact) mass is 344 g/mol. The predicted molar refractivity (Wildman–Crippen MR) is 91.2 cm³/mol. The molecule has 0 radical (unpaired) electrons. The number of amides is 1. The Balaban J connectivity index is 2.32. The normalized spacial score (nSPS) is 19.8. The molecule has 0 bridgehead atoms. The molecule has 5 nitrogen and oxygen atoms in total. The first-order valence-corrected chi connectivity index (χ1v) is 8.36. The molecule has 126 valence electrons. The Hall–Kier alpha value is -2.36. The fraction of sp³-hybridized carbons (Fsp3) is 0.278. The first-order valence-electron chi connectivity index (χ1n) is 7.28. The second-order valence-electron chi connectivity index (χ2n) is 5.40. The topological polar surface area (TPSA) is 69.7 Å². The van der Waals surface area contributed by atoms with E-state index in [1.54, 1.807) is 44.4 Å². The predicted octanol–water partition coefficient (Wildman–Crippen LogP) is 1.99. The van der Waals surface area contributed by atoms with Crippen LogP contribution in [0.15, 0.2) is 46.9 Å². The molecule has 24 heavy (non-hydrogen) atoms. The van der Waals surface area contributed by atoms with Gasteiger partial charge in [-0.05, 0) is 28.8 Å². The molecule has 0 aliphatic heterocycles. The van der Waals surface area contributed by atoms with Gasteiger partial charge in [-0.25, -0.2) is 0 Å². The Morgan fingerprint density at radius 1 is 1.42 bits per heavy atom. The van der Waals surface area contributed by atoms with Crippen LogP contribution in [-0.4, -0.2) is 40.8 Å². The molecule has 0 saturated heterocycles. The summed E-state index contributed by atoms with van der Waals surface area (Å²) < 4.78 is 27.7. The van der Waals surface area contributed by atoms with Gasteiger partial charge in [0.2, 0.25) is 5.91 Å². The quantitative estimate of drug-likeness (QED) is 0.619. The summed E-state index contributed by atoms with van der Waals surface area (Å²) in [7, 11) is 4.82. The van der Waals surface area contributed by atoms with Gasteiger partial charge in [0.25, 0.3) is 0 Å². The molecular formula is C18H18NO4S-. The third kappa shape index (κ3) is 4.13. The van der Waals surface area contributed by atoms with Crippen LogP contribution in [0.3, 0.4) is 0 Å². The summed E-state index contributed by atoms with van der Waals surface area (Å²) in [5.41, 5.74) is 1.38. The highest BCUT2D eigenvalue weighted by Crippen LogP contribution is 2.27. The lowest BCUT2D eigenvalue weighted by Gasteiger charge is -2.15. The fourth-order valence-corrected chi connectivity index (χ4v) is 2.84. The molecule has 0 N–H and O–H groups in total. The summed E-state index contributed by atoms with van der Waals surface area (Å²) in [6.45, 7) is 0. The van der Waals surface area contributed by atoms with Crippen LogP contribution in [0, 0.1) is 11.8 Å². The van der Waals surface area contributed by atoms with Gasteiger partial charge in [-0.1, -0.05) is 36.1 Å². The van der Waals surface area contributed by atoms with Crippen LogP contribution in [0.2, 0.25) is 0 Å². The summed E-state index contributed by atoms with van der Waals surface area (Å²) in [6, 6.07) is 4.96. The van der Waals surface area contributed by atoms with Gasteiger partial charge in [-0.2, -0.15) is 0 Å².